The van der Waals surface area contributed by atoms with E-state index in [0.29, 0.717) is 18.4 Å². The summed E-state index contributed by atoms with van der Waals surface area (Å²) < 4.78 is 24.5. The molecule has 156 valence electrons. The van der Waals surface area contributed by atoms with Crippen molar-refractivity contribution in [3.63, 3.8) is 0 Å². The van der Waals surface area contributed by atoms with E-state index in [9.17, 15) is 9.18 Å². The Morgan fingerprint density at radius 1 is 1.20 bits per heavy atom. The van der Waals surface area contributed by atoms with Crippen LogP contribution in [0.4, 0.5) is 4.39 Å². The number of fused-ring (bicyclic) bond motifs is 1. The highest BCUT2D eigenvalue weighted by atomic mass is 19.1. The van der Waals surface area contributed by atoms with Crippen molar-refractivity contribution in [2.75, 3.05) is 20.2 Å². The van der Waals surface area contributed by atoms with Crippen LogP contribution in [0.15, 0.2) is 52.9 Å². The monoisotopic (exact) mass is 409 g/mol. The molecule has 2 aromatic carbocycles. The van der Waals surface area contributed by atoms with Crippen LogP contribution in [0.2, 0.25) is 0 Å². The highest BCUT2D eigenvalue weighted by molar-refractivity contribution is 5.89. The summed E-state index contributed by atoms with van der Waals surface area (Å²) in [7, 11) is 1.68. The molecule has 1 aliphatic heterocycles. The zero-order valence-corrected chi connectivity index (χ0v) is 16.9. The van der Waals surface area contributed by atoms with E-state index in [-0.39, 0.29) is 18.3 Å². The Morgan fingerprint density at radius 2 is 2.03 bits per heavy atom. The van der Waals surface area contributed by atoms with Crippen LogP contribution in [0, 0.1) is 5.82 Å². The largest absolute Gasteiger partial charge is 0.496 e. The predicted octanol–water partition coefficient (Wildman–Crippen LogP) is 3.35. The summed E-state index contributed by atoms with van der Waals surface area (Å²) in [6, 6.07) is 14.1. The minimum absolute atomic E-state index is 0.0644. The minimum atomic E-state index is -0.391. The first-order chi connectivity index (χ1) is 14.6. The number of benzene rings is 2. The molecule has 0 bridgehead atoms. The van der Waals surface area contributed by atoms with Crippen molar-refractivity contribution < 1.29 is 18.3 Å². The van der Waals surface area contributed by atoms with E-state index in [1.807, 2.05) is 18.2 Å². The van der Waals surface area contributed by atoms with Gasteiger partial charge in [0.1, 0.15) is 17.3 Å². The minimum Gasteiger partial charge on any atom is -0.496 e. The van der Waals surface area contributed by atoms with Crippen LogP contribution < -0.4 is 10.1 Å². The third kappa shape index (κ3) is 4.68. The van der Waals surface area contributed by atoms with Gasteiger partial charge >= 0.3 is 5.91 Å². The van der Waals surface area contributed by atoms with Gasteiger partial charge in [-0.05, 0) is 23.8 Å². The van der Waals surface area contributed by atoms with Crippen LogP contribution in [0.3, 0.4) is 0 Å². The fourth-order valence-corrected chi connectivity index (χ4v) is 3.64. The second kappa shape index (κ2) is 9.09. The van der Waals surface area contributed by atoms with Gasteiger partial charge in [-0.15, -0.1) is 0 Å². The summed E-state index contributed by atoms with van der Waals surface area (Å²) in [6.45, 7) is 2.64. The molecule has 0 radical (unpaired) electrons. The number of nitrogens with one attached hydrogen (secondary N) is 1. The maximum absolute atomic E-state index is 13.3. The van der Waals surface area contributed by atoms with Crippen molar-refractivity contribution >= 4 is 5.91 Å². The molecule has 3 aromatic rings. The summed E-state index contributed by atoms with van der Waals surface area (Å²) in [4.78, 5) is 19.1. The lowest BCUT2D eigenvalue weighted by Crippen LogP contribution is -2.26. The molecule has 6 nitrogen and oxygen atoms in total. The fourth-order valence-electron chi connectivity index (χ4n) is 3.64. The predicted molar refractivity (Wildman–Crippen MR) is 110 cm³/mol. The molecule has 0 aliphatic carbocycles. The molecular weight excluding hydrogens is 385 g/mol. The van der Waals surface area contributed by atoms with Crippen molar-refractivity contribution in [3.8, 4) is 5.75 Å². The second-order valence-electron chi connectivity index (χ2n) is 7.29. The number of hydrogen-bond acceptors (Lipinski definition) is 5. The lowest BCUT2D eigenvalue weighted by Gasteiger charge is -2.20. The standard InChI is InChI=1S/C23H24FN3O3/c1-29-20-8-3-2-6-17(20)15-27-11-9-19-21(10-12-27)30-23(26-19)22(28)25-14-16-5-4-7-18(24)13-16/h2-8,13H,9-12,14-15H2,1H3,(H,25,28). The summed E-state index contributed by atoms with van der Waals surface area (Å²) in [5.41, 5.74) is 2.65. The smallest absolute Gasteiger partial charge is 0.307 e. The lowest BCUT2D eigenvalue weighted by atomic mass is 10.2. The van der Waals surface area contributed by atoms with Gasteiger partial charge in [0.05, 0.1) is 12.8 Å². The lowest BCUT2D eigenvalue weighted by molar-refractivity contribution is 0.0914. The van der Waals surface area contributed by atoms with Gasteiger partial charge in [-0.3, -0.25) is 9.69 Å². The molecule has 1 aliphatic rings. The molecule has 1 aromatic heterocycles. The highest BCUT2D eigenvalue weighted by Crippen LogP contribution is 2.22. The Hall–Kier alpha value is -3.19. The normalized spacial score (nSPS) is 14.1. The number of halogens is 1. The summed E-state index contributed by atoms with van der Waals surface area (Å²) in [6.07, 6.45) is 1.40. The van der Waals surface area contributed by atoms with Crippen LogP contribution in [0.5, 0.6) is 5.75 Å². The molecule has 0 atom stereocenters. The van der Waals surface area contributed by atoms with Gasteiger partial charge in [0, 0.05) is 44.6 Å². The molecule has 7 heteroatoms. The molecule has 2 heterocycles. The van der Waals surface area contributed by atoms with E-state index in [4.69, 9.17) is 9.15 Å². The van der Waals surface area contributed by atoms with Gasteiger partial charge in [-0.25, -0.2) is 9.37 Å². The summed E-state index contributed by atoms with van der Waals surface area (Å²) in [5, 5.41) is 2.74. The van der Waals surface area contributed by atoms with E-state index in [0.717, 1.165) is 42.4 Å². The van der Waals surface area contributed by atoms with E-state index in [1.54, 1.807) is 19.2 Å². The number of nitrogens with zero attached hydrogens (tertiary/aromatic N) is 2. The number of hydrogen-bond donors (Lipinski definition) is 1. The van der Waals surface area contributed by atoms with Crippen molar-refractivity contribution in [1.29, 1.82) is 0 Å². The Kier molecular flexibility index (Phi) is 6.09. The fraction of sp³-hybridized carbons (Fsp3) is 0.304. The molecule has 1 amide bonds. The number of oxazole rings is 1. The van der Waals surface area contributed by atoms with E-state index in [1.165, 1.54) is 12.1 Å². The molecule has 4 rings (SSSR count). The quantitative estimate of drug-likeness (QED) is 0.676. The number of para-hydroxylation sites is 1. The molecule has 0 saturated heterocycles. The van der Waals surface area contributed by atoms with Crippen LogP contribution in [0.25, 0.3) is 0 Å². The van der Waals surface area contributed by atoms with Crippen LogP contribution in [-0.4, -0.2) is 36.0 Å². The van der Waals surface area contributed by atoms with Crippen LogP contribution >= 0.6 is 0 Å². The third-order valence-electron chi connectivity index (χ3n) is 5.22. The number of rotatable bonds is 6. The average Bonchev–Trinajstić information content (AvgIpc) is 3.08. The zero-order chi connectivity index (χ0) is 20.9. The van der Waals surface area contributed by atoms with Crippen molar-refractivity contribution in [3.05, 3.63) is 82.8 Å². The third-order valence-corrected chi connectivity index (χ3v) is 5.22. The number of carbonyl (C=O) groups is 1. The number of carbonyl (C=O) groups excluding carboxylic acids is 1. The van der Waals surface area contributed by atoms with Gasteiger partial charge in [0.25, 0.3) is 5.89 Å². The Bertz CT molecular complexity index is 1010. The first-order valence-corrected chi connectivity index (χ1v) is 9.98. The Labute approximate surface area is 174 Å². The average molecular weight is 409 g/mol. The number of methoxy groups -OCH3 is 1. The molecule has 1 N–H and O–H groups in total. The Balaban J connectivity index is 1.36. The van der Waals surface area contributed by atoms with Crippen molar-refractivity contribution in [2.45, 2.75) is 25.9 Å². The molecular formula is C23H24FN3O3. The summed E-state index contributed by atoms with van der Waals surface area (Å²) >= 11 is 0. The van der Waals surface area contributed by atoms with Crippen molar-refractivity contribution in [1.82, 2.24) is 15.2 Å². The number of amides is 1. The molecule has 0 unspecified atom stereocenters. The van der Waals surface area contributed by atoms with Crippen LogP contribution in [-0.2, 0) is 25.9 Å². The zero-order valence-electron chi connectivity index (χ0n) is 16.9. The van der Waals surface area contributed by atoms with Crippen LogP contribution in [0.1, 0.15) is 33.3 Å². The summed E-state index contributed by atoms with van der Waals surface area (Å²) in [5.74, 6) is 0.984. The van der Waals surface area contributed by atoms with Gasteiger partial charge < -0.3 is 14.5 Å². The second-order valence-corrected chi connectivity index (χ2v) is 7.29. The number of aromatic nitrogens is 1. The van der Waals surface area contributed by atoms with Gasteiger partial charge in [0.2, 0.25) is 0 Å². The maximum atomic E-state index is 13.3. The molecule has 0 fully saturated rings. The van der Waals surface area contributed by atoms with E-state index < -0.39 is 5.91 Å². The van der Waals surface area contributed by atoms with E-state index in [2.05, 4.69) is 21.3 Å². The first kappa shape index (κ1) is 20.1. The maximum Gasteiger partial charge on any atom is 0.307 e. The molecule has 0 spiro atoms. The first-order valence-electron chi connectivity index (χ1n) is 9.98. The highest BCUT2D eigenvalue weighted by Gasteiger charge is 2.23. The topological polar surface area (TPSA) is 67.6 Å². The van der Waals surface area contributed by atoms with E-state index >= 15 is 0 Å². The Morgan fingerprint density at radius 3 is 2.87 bits per heavy atom. The van der Waals surface area contributed by atoms with Gasteiger partial charge in [-0.1, -0.05) is 30.3 Å². The molecule has 0 saturated carbocycles. The number of ether oxygens (including phenoxy) is 1. The van der Waals surface area contributed by atoms with Gasteiger partial charge in [-0.2, -0.15) is 0 Å². The van der Waals surface area contributed by atoms with Gasteiger partial charge in [0.15, 0.2) is 0 Å². The SMILES string of the molecule is COc1ccccc1CN1CCc2nc(C(=O)NCc3cccc(F)c3)oc2CC1. The molecule has 30 heavy (non-hydrogen) atoms. The van der Waals surface area contributed by atoms with Crippen molar-refractivity contribution in [2.24, 2.45) is 0 Å².